The Morgan fingerprint density at radius 3 is 2.79 bits per heavy atom. The minimum absolute atomic E-state index is 0.140. The van der Waals surface area contributed by atoms with Gasteiger partial charge in [-0.1, -0.05) is 12.1 Å². The topological polar surface area (TPSA) is 72.5 Å². The smallest absolute Gasteiger partial charge is 0.270 e. The van der Waals surface area contributed by atoms with Gasteiger partial charge in [0.25, 0.3) is 5.91 Å². The molecule has 3 heterocycles. The highest BCUT2D eigenvalue weighted by atomic mass is 16.5. The van der Waals surface area contributed by atoms with E-state index in [1.807, 2.05) is 43.3 Å². The van der Waals surface area contributed by atoms with Crippen molar-refractivity contribution in [3.8, 4) is 17.1 Å². The third-order valence-electron chi connectivity index (χ3n) is 5.00. The maximum Gasteiger partial charge on any atom is 0.270 e. The molecule has 0 bridgehead atoms. The lowest BCUT2D eigenvalue weighted by Crippen LogP contribution is -2.38. The molecule has 7 nitrogen and oxygen atoms in total. The number of hydrogen-bond acceptors (Lipinski definition) is 5. The quantitative estimate of drug-likeness (QED) is 0.624. The predicted molar refractivity (Wildman–Crippen MR) is 110 cm³/mol. The first kappa shape index (κ1) is 19.4. The van der Waals surface area contributed by atoms with Gasteiger partial charge in [0, 0.05) is 25.7 Å². The van der Waals surface area contributed by atoms with Crippen molar-refractivity contribution in [1.29, 1.82) is 0 Å². The van der Waals surface area contributed by atoms with Gasteiger partial charge in [-0.3, -0.25) is 9.69 Å². The van der Waals surface area contributed by atoms with Gasteiger partial charge in [0.15, 0.2) is 5.76 Å². The molecule has 0 aliphatic carbocycles. The number of morpholine rings is 1. The first-order valence-electron chi connectivity index (χ1n) is 10.00. The number of amides is 1. The highest BCUT2D eigenvalue weighted by molar-refractivity contribution is 5.94. The van der Waals surface area contributed by atoms with Crippen molar-refractivity contribution in [2.75, 3.05) is 39.4 Å². The Kier molecular flexibility index (Phi) is 6.07. The van der Waals surface area contributed by atoms with Crippen LogP contribution in [0.5, 0.6) is 0 Å². The van der Waals surface area contributed by atoms with Crippen LogP contribution in [0.3, 0.4) is 0 Å². The van der Waals surface area contributed by atoms with Gasteiger partial charge in [0.1, 0.15) is 11.4 Å². The van der Waals surface area contributed by atoms with Crippen LogP contribution in [0, 0.1) is 6.92 Å². The number of rotatable bonds is 7. The van der Waals surface area contributed by atoms with Crippen molar-refractivity contribution < 1.29 is 13.9 Å². The van der Waals surface area contributed by atoms with E-state index in [-0.39, 0.29) is 5.91 Å². The van der Waals surface area contributed by atoms with Crippen molar-refractivity contribution in [2.24, 2.45) is 0 Å². The lowest BCUT2D eigenvalue weighted by Gasteiger charge is -2.26. The molecular weight excluding hydrogens is 368 g/mol. The Morgan fingerprint density at radius 2 is 2.03 bits per heavy atom. The summed E-state index contributed by atoms with van der Waals surface area (Å²) in [5.74, 6) is 0.497. The van der Waals surface area contributed by atoms with Crippen LogP contribution in [0.15, 0.2) is 53.1 Å². The number of aromatic nitrogens is 2. The molecule has 7 heteroatoms. The largest absolute Gasteiger partial charge is 0.463 e. The van der Waals surface area contributed by atoms with E-state index in [0.717, 1.165) is 50.5 Å². The minimum Gasteiger partial charge on any atom is -0.463 e. The van der Waals surface area contributed by atoms with E-state index in [9.17, 15) is 4.79 Å². The maximum atomic E-state index is 12.9. The van der Waals surface area contributed by atoms with Crippen LogP contribution in [-0.4, -0.2) is 60.0 Å². The molecule has 1 fully saturated rings. The molecular formula is C22H26N4O3. The Bertz CT molecular complexity index is 943. The number of hydrogen-bond donors (Lipinski definition) is 1. The lowest BCUT2D eigenvalue weighted by atomic mass is 10.2. The SMILES string of the molecule is Cc1cccc(-n2nc(-c3ccco3)cc2C(=O)NCCCN2CCOCC2)c1. The van der Waals surface area contributed by atoms with E-state index < -0.39 is 0 Å². The molecule has 0 saturated carbocycles. The van der Waals surface area contributed by atoms with Crippen LogP contribution in [0.4, 0.5) is 0 Å². The molecule has 3 aromatic rings. The van der Waals surface area contributed by atoms with Gasteiger partial charge in [-0.05, 0) is 49.7 Å². The average molecular weight is 394 g/mol. The van der Waals surface area contributed by atoms with E-state index >= 15 is 0 Å². The second-order valence-electron chi connectivity index (χ2n) is 7.21. The summed E-state index contributed by atoms with van der Waals surface area (Å²) >= 11 is 0. The summed E-state index contributed by atoms with van der Waals surface area (Å²) in [6.07, 6.45) is 2.50. The molecule has 0 spiro atoms. The summed E-state index contributed by atoms with van der Waals surface area (Å²) in [6.45, 7) is 7.09. The molecule has 0 unspecified atom stereocenters. The summed E-state index contributed by atoms with van der Waals surface area (Å²) in [5, 5.41) is 7.66. The zero-order chi connectivity index (χ0) is 20.1. The zero-order valence-electron chi connectivity index (χ0n) is 16.6. The molecule has 1 N–H and O–H groups in total. The summed E-state index contributed by atoms with van der Waals surface area (Å²) < 4.78 is 12.5. The van der Waals surface area contributed by atoms with Crippen molar-refractivity contribution in [1.82, 2.24) is 20.0 Å². The summed E-state index contributed by atoms with van der Waals surface area (Å²) in [7, 11) is 0. The molecule has 1 aliphatic heterocycles. The van der Waals surface area contributed by atoms with Crippen molar-refractivity contribution in [2.45, 2.75) is 13.3 Å². The van der Waals surface area contributed by atoms with E-state index in [1.54, 1.807) is 17.0 Å². The monoisotopic (exact) mass is 394 g/mol. The fourth-order valence-corrected chi connectivity index (χ4v) is 3.46. The molecule has 152 valence electrons. The molecule has 1 amide bonds. The second kappa shape index (κ2) is 9.07. The Morgan fingerprint density at radius 1 is 1.17 bits per heavy atom. The van der Waals surface area contributed by atoms with Crippen LogP contribution in [-0.2, 0) is 4.74 Å². The van der Waals surface area contributed by atoms with Crippen LogP contribution in [0.1, 0.15) is 22.5 Å². The predicted octanol–water partition coefficient (Wildman–Crippen LogP) is 2.89. The minimum atomic E-state index is -0.140. The van der Waals surface area contributed by atoms with Gasteiger partial charge in [-0.2, -0.15) is 5.10 Å². The number of carbonyl (C=O) groups excluding carboxylic acids is 1. The van der Waals surface area contributed by atoms with Crippen LogP contribution in [0.2, 0.25) is 0 Å². The van der Waals surface area contributed by atoms with Crippen LogP contribution >= 0.6 is 0 Å². The lowest BCUT2D eigenvalue weighted by molar-refractivity contribution is 0.0374. The summed E-state index contributed by atoms with van der Waals surface area (Å²) in [6, 6.07) is 13.4. The first-order valence-corrected chi connectivity index (χ1v) is 10.00. The van der Waals surface area contributed by atoms with Crippen molar-refractivity contribution >= 4 is 5.91 Å². The van der Waals surface area contributed by atoms with Crippen LogP contribution in [0.25, 0.3) is 17.1 Å². The molecule has 1 saturated heterocycles. The van der Waals surface area contributed by atoms with Crippen molar-refractivity contribution in [3.05, 3.63) is 60.0 Å². The number of benzene rings is 1. The Labute approximate surface area is 170 Å². The average Bonchev–Trinajstić information content (AvgIpc) is 3.41. The highest BCUT2D eigenvalue weighted by Crippen LogP contribution is 2.22. The summed E-state index contributed by atoms with van der Waals surface area (Å²) in [4.78, 5) is 15.3. The molecule has 2 aromatic heterocycles. The van der Waals surface area contributed by atoms with Gasteiger partial charge in [0.05, 0.1) is 25.2 Å². The van der Waals surface area contributed by atoms with Gasteiger partial charge in [-0.15, -0.1) is 0 Å². The first-order chi connectivity index (χ1) is 14.2. The van der Waals surface area contributed by atoms with Gasteiger partial charge in [-0.25, -0.2) is 4.68 Å². The third-order valence-corrected chi connectivity index (χ3v) is 5.00. The Hall–Kier alpha value is -2.90. The number of carbonyl (C=O) groups is 1. The summed E-state index contributed by atoms with van der Waals surface area (Å²) in [5.41, 5.74) is 3.08. The molecule has 1 aliphatic rings. The van der Waals surface area contributed by atoms with Gasteiger partial charge < -0.3 is 14.5 Å². The van der Waals surface area contributed by atoms with E-state index in [4.69, 9.17) is 9.15 Å². The van der Waals surface area contributed by atoms with Crippen molar-refractivity contribution in [3.63, 3.8) is 0 Å². The molecule has 0 radical (unpaired) electrons. The number of furan rings is 1. The Balaban J connectivity index is 1.48. The molecule has 29 heavy (non-hydrogen) atoms. The van der Waals surface area contributed by atoms with Crippen LogP contribution < -0.4 is 5.32 Å². The number of nitrogens with one attached hydrogen (secondary N) is 1. The third kappa shape index (κ3) is 4.75. The normalized spacial score (nSPS) is 14.8. The number of nitrogens with zero attached hydrogens (tertiary/aromatic N) is 3. The van der Waals surface area contributed by atoms with E-state index in [0.29, 0.717) is 23.7 Å². The van der Waals surface area contributed by atoms with Gasteiger partial charge in [0.2, 0.25) is 0 Å². The van der Waals surface area contributed by atoms with E-state index in [2.05, 4.69) is 15.3 Å². The maximum absolute atomic E-state index is 12.9. The zero-order valence-corrected chi connectivity index (χ0v) is 16.6. The standard InChI is InChI=1S/C22H26N4O3/c1-17-5-2-6-18(15-17)26-20(16-19(24-26)21-7-3-12-29-21)22(27)23-8-4-9-25-10-13-28-14-11-25/h2-3,5-7,12,15-16H,4,8-11,13-14H2,1H3,(H,23,27). The fraction of sp³-hybridized carbons (Fsp3) is 0.364. The number of aryl methyl sites for hydroxylation is 1. The number of ether oxygens (including phenoxy) is 1. The molecule has 4 rings (SSSR count). The highest BCUT2D eigenvalue weighted by Gasteiger charge is 2.19. The second-order valence-corrected chi connectivity index (χ2v) is 7.21. The molecule has 0 atom stereocenters. The molecule has 1 aromatic carbocycles. The fourth-order valence-electron chi connectivity index (χ4n) is 3.46. The van der Waals surface area contributed by atoms with Gasteiger partial charge >= 0.3 is 0 Å². The van der Waals surface area contributed by atoms with E-state index in [1.165, 1.54) is 0 Å².